The Kier molecular flexibility index (Phi) is 3.44. The van der Waals surface area contributed by atoms with Gasteiger partial charge in [-0.3, -0.25) is 0 Å². The second kappa shape index (κ2) is 5.08. The van der Waals surface area contributed by atoms with Crippen LogP contribution in [0.1, 0.15) is 49.9 Å². The maximum Gasteiger partial charge on any atom is 0.223 e. The highest BCUT2D eigenvalue weighted by Gasteiger charge is 2.40. The van der Waals surface area contributed by atoms with E-state index in [0.29, 0.717) is 6.04 Å². The summed E-state index contributed by atoms with van der Waals surface area (Å²) in [5, 5.41) is 3.51. The second-order valence-corrected chi connectivity index (χ2v) is 6.05. The molecule has 4 heteroatoms. The largest absolute Gasteiger partial charge is 0.375 e. The molecule has 1 atom stereocenters. The molecular formula is C15H23N3O. The van der Waals surface area contributed by atoms with E-state index in [1.165, 1.54) is 25.7 Å². The molecule has 19 heavy (non-hydrogen) atoms. The molecule has 2 aliphatic rings. The number of aromatic nitrogens is 2. The van der Waals surface area contributed by atoms with Crippen LogP contribution in [-0.4, -0.2) is 28.2 Å². The number of anilines is 1. The molecule has 1 aromatic rings. The molecule has 2 heterocycles. The molecule has 0 unspecified atom stereocenters. The summed E-state index contributed by atoms with van der Waals surface area (Å²) >= 11 is 0. The van der Waals surface area contributed by atoms with E-state index in [1.807, 2.05) is 19.9 Å². The summed E-state index contributed by atoms with van der Waals surface area (Å²) in [6, 6.07) is 2.46. The highest BCUT2D eigenvalue weighted by Crippen LogP contribution is 2.40. The maximum atomic E-state index is 6.06. The first-order chi connectivity index (χ1) is 9.15. The predicted octanol–water partition coefficient (Wildman–Crippen LogP) is 3.00. The topological polar surface area (TPSA) is 47.0 Å². The molecule has 2 fully saturated rings. The van der Waals surface area contributed by atoms with Crippen LogP contribution in [0.4, 0.5) is 5.95 Å². The Morgan fingerprint density at radius 2 is 1.89 bits per heavy atom. The molecule has 1 aromatic heterocycles. The summed E-state index contributed by atoms with van der Waals surface area (Å²) < 4.78 is 6.06. The number of nitrogens with one attached hydrogen (secondary N) is 1. The molecule has 1 N–H and O–H groups in total. The van der Waals surface area contributed by atoms with Gasteiger partial charge in [0.1, 0.15) is 0 Å². The van der Waals surface area contributed by atoms with Gasteiger partial charge in [-0.25, -0.2) is 9.97 Å². The Labute approximate surface area is 115 Å². The molecule has 1 saturated carbocycles. The predicted molar refractivity (Wildman–Crippen MR) is 75.3 cm³/mol. The Balaban J connectivity index is 1.69. The molecule has 104 valence electrons. The van der Waals surface area contributed by atoms with Crippen molar-refractivity contribution in [2.45, 2.75) is 64.0 Å². The van der Waals surface area contributed by atoms with E-state index in [1.54, 1.807) is 0 Å². The first kappa shape index (κ1) is 12.9. The van der Waals surface area contributed by atoms with E-state index in [0.717, 1.165) is 36.8 Å². The minimum Gasteiger partial charge on any atom is -0.375 e. The highest BCUT2D eigenvalue weighted by molar-refractivity contribution is 5.29. The van der Waals surface area contributed by atoms with Crippen molar-refractivity contribution >= 4 is 5.95 Å². The second-order valence-electron chi connectivity index (χ2n) is 6.05. The van der Waals surface area contributed by atoms with E-state index in [2.05, 4.69) is 15.3 Å². The number of ether oxygens (including phenoxy) is 1. The Morgan fingerprint density at radius 1 is 1.21 bits per heavy atom. The monoisotopic (exact) mass is 261 g/mol. The van der Waals surface area contributed by atoms with E-state index in [-0.39, 0.29) is 5.60 Å². The smallest absolute Gasteiger partial charge is 0.223 e. The van der Waals surface area contributed by atoms with Gasteiger partial charge >= 0.3 is 0 Å². The van der Waals surface area contributed by atoms with Crippen LogP contribution >= 0.6 is 0 Å². The lowest BCUT2D eigenvalue weighted by molar-refractivity contribution is -0.0767. The summed E-state index contributed by atoms with van der Waals surface area (Å²) in [7, 11) is 0. The van der Waals surface area contributed by atoms with Gasteiger partial charge in [0, 0.05) is 24.0 Å². The van der Waals surface area contributed by atoms with Crippen molar-refractivity contribution in [3.8, 4) is 0 Å². The minimum absolute atomic E-state index is 0.148. The highest BCUT2D eigenvalue weighted by atomic mass is 16.5. The van der Waals surface area contributed by atoms with Gasteiger partial charge in [0.15, 0.2) is 0 Å². The average molecular weight is 261 g/mol. The average Bonchev–Trinajstić information content (AvgIpc) is 2.76. The molecule has 0 radical (unpaired) electrons. The van der Waals surface area contributed by atoms with Crippen LogP contribution in [0.25, 0.3) is 0 Å². The van der Waals surface area contributed by atoms with E-state index in [4.69, 9.17) is 4.74 Å². The lowest BCUT2D eigenvalue weighted by Gasteiger charge is -2.38. The van der Waals surface area contributed by atoms with Crippen molar-refractivity contribution in [2.75, 3.05) is 11.9 Å². The van der Waals surface area contributed by atoms with Crippen molar-refractivity contribution in [1.29, 1.82) is 0 Å². The van der Waals surface area contributed by atoms with Crippen LogP contribution < -0.4 is 5.32 Å². The van der Waals surface area contributed by atoms with Gasteiger partial charge in [0.25, 0.3) is 0 Å². The quantitative estimate of drug-likeness (QED) is 0.889. The zero-order valence-corrected chi connectivity index (χ0v) is 11.9. The van der Waals surface area contributed by atoms with E-state index in [9.17, 15) is 0 Å². The van der Waals surface area contributed by atoms with Crippen LogP contribution in [0.3, 0.4) is 0 Å². The lowest BCUT2D eigenvalue weighted by Crippen LogP contribution is -2.42. The van der Waals surface area contributed by atoms with Gasteiger partial charge in [-0.2, -0.15) is 0 Å². The molecular weight excluding hydrogens is 238 g/mol. The molecule has 0 aromatic carbocycles. The zero-order valence-electron chi connectivity index (χ0n) is 11.9. The Morgan fingerprint density at radius 3 is 2.58 bits per heavy atom. The van der Waals surface area contributed by atoms with Crippen molar-refractivity contribution in [2.24, 2.45) is 0 Å². The van der Waals surface area contributed by atoms with Crippen molar-refractivity contribution in [3.05, 3.63) is 17.5 Å². The zero-order chi connectivity index (χ0) is 13.3. The fraction of sp³-hybridized carbons (Fsp3) is 0.733. The fourth-order valence-electron chi connectivity index (χ4n) is 3.49. The fourth-order valence-corrected chi connectivity index (χ4v) is 3.49. The summed E-state index contributed by atoms with van der Waals surface area (Å²) in [4.78, 5) is 8.96. The third-order valence-electron chi connectivity index (χ3n) is 4.32. The summed E-state index contributed by atoms with van der Waals surface area (Å²) in [5.41, 5.74) is 2.20. The van der Waals surface area contributed by atoms with Gasteiger partial charge in [0.2, 0.25) is 5.95 Å². The van der Waals surface area contributed by atoms with Crippen molar-refractivity contribution in [3.63, 3.8) is 0 Å². The molecule has 4 nitrogen and oxygen atoms in total. The minimum atomic E-state index is 0.148. The molecule has 1 aliphatic heterocycles. The SMILES string of the molecule is Cc1cc(C)nc(N[C@@H]2CCOC3(CCCC3)C2)n1. The third-order valence-corrected chi connectivity index (χ3v) is 4.32. The summed E-state index contributed by atoms with van der Waals surface area (Å²) in [6.45, 7) is 4.90. The molecule has 1 spiro atoms. The number of aryl methyl sites for hydroxylation is 2. The van der Waals surface area contributed by atoms with Crippen LogP contribution in [-0.2, 0) is 4.74 Å². The van der Waals surface area contributed by atoms with Gasteiger partial charge < -0.3 is 10.1 Å². The normalized spacial score (nSPS) is 25.7. The Hall–Kier alpha value is -1.16. The number of hydrogen-bond donors (Lipinski definition) is 1. The van der Waals surface area contributed by atoms with Crippen LogP contribution in [0.15, 0.2) is 6.07 Å². The number of hydrogen-bond acceptors (Lipinski definition) is 4. The van der Waals surface area contributed by atoms with E-state index < -0.39 is 0 Å². The van der Waals surface area contributed by atoms with Crippen LogP contribution in [0, 0.1) is 13.8 Å². The molecule has 0 amide bonds. The number of rotatable bonds is 2. The first-order valence-corrected chi connectivity index (χ1v) is 7.38. The molecule has 0 bridgehead atoms. The summed E-state index contributed by atoms with van der Waals surface area (Å²) in [6.07, 6.45) is 7.22. The van der Waals surface area contributed by atoms with Gasteiger partial charge in [-0.15, -0.1) is 0 Å². The third kappa shape index (κ3) is 2.89. The lowest BCUT2D eigenvalue weighted by atomic mass is 9.89. The van der Waals surface area contributed by atoms with Crippen LogP contribution in [0.5, 0.6) is 0 Å². The summed E-state index contributed by atoms with van der Waals surface area (Å²) in [5.74, 6) is 0.776. The van der Waals surface area contributed by atoms with Crippen molar-refractivity contribution < 1.29 is 4.74 Å². The molecule has 3 rings (SSSR count). The first-order valence-electron chi connectivity index (χ1n) is 7.38. The van der Waals surface area contributed by atoms with Crippen LogP contribution in [0.2, 0.25) is 0 Å². The Bertz CT molecular complexity index is 434. The van der Waals surface area contributed by atoms with Crippen molar-refractivity contribution in [1.82, 2.24) is 9.97 Å². The van der Waals surface area contributed by atoms with Gasteiger partial charge in [-0.05, 0) is 45.6 Å². The van der Waals surface area contributed by atoms with E-state index >= 15 is 0 Å². The standard InChI is InChI=1S/C15H23N3O/c1-11-9-12(2)17-14(16-11)18-13-5-8-19-15(10-13)6-3-4-7-15/h9,13H,3-8,10H2,1-2H3,(H,16,17,18)/t13-/m1/s1. The maximum absolute atomic E-state index is 6.06. The molecule has 1 saturated heterocycles. The molecule has 1 aliphatic carbocycles. The number of nitrogens with zero attached hydrogens (tertiary/aromatic N) is 2. The van der Waals surface area contributed by atoms with Gasteiger partial charge in [-0.1, -0.05) is 12.8 Å². The van der Waals surface area contributed by atoms with Gasteiger partial charge in [0.05, 0.1) is 5.60 Å².